The van der Waals surface area contributed by atoms with Crippen molar-refractivity contribution in [1.29, 1.82) is 0 Å². The molecule has 0 amide bonds. The largest absolute Gasteiger partial charge is 0.0989 e. The summed E-state index contributed by atoms with van der Waals surface area (Å²) in [6.07, 6.45) is 11.4. The van der Waals surface area contributed by atoms with Crippen LogP contribution in [0.5, 0.6) is 0 Å². The highest BCUT2D eigenvalue weighted by molar-refractivity contribution is 5.80. The molecule has 0 radical (unpaired) electrons. The maximum atomic E-state index is 4.47. The first kappa shape index (κ1) is 23.1. The molecule has 0 heteroatoms. The van der Waals surface area contributed by atoms with Gasteiger partial charge in [-0.3, -0.25) is 0 Å². The lowest BCUT2D eigenvalue weighted by Gasteiger charge is -2.22. The molecule has 0 aromatic heterocycles. The zero-order valence-electron chi connectivity index (χ0n) is 22.3. The molecular formula is C35H42. The third-order valence-corrected chi connectivity index (χ3v) is 10.2. The summed E-state index contributed by atoms with van der Waals surface area (Å²) in [6.45, 7) is 18.4. The number of benzene rings is 2. The minimum atomic E-state index is 0.509. The van der Waals surface area contributed by atoms with Crippen molar-refractivity contribution in [3.05, 3.63) is 88.0 Å². The standard InChI is InChI=1S/C35H42/c1-7-25-13-21(3)28(14-25)18-30-22(4)11-20(2)12-35(30)29-10-8-9-27-15-26(17-34(27)29)16-31-23(5)32-19-33(32)24(31)6/h8-12,15,21,25,28,31-33H,5-7,13-14,16-19H2,1-4H3/t21-,25?,28-,31?,32?,33?/m0/s1. The number of allylic oxidation sites excluding steroid dienone is 3. The molecule has 3 fully saturated rings. The maximum Gasteiger partial charge on any atom is 0.00449 e. The fourth-order valence-electron chi connectivity index (χ4n) is 7.98. The molecule has 0 aliphatic heterocycles. The van der Waals surface area contributed by atoms with E-state index in [1.807, 2.05) is 0 Å². The molecule has 0 spiro atoms. The van der Waals surface area contributed by atoms with Crippen molar-refractivity contribution < 1.29 is 0 Å². The predicted octanol–water partition coefficient (Wildman–Crippen LogP) is 9.29. The van der Waals surface area contributed by atoms with Gasteiger partial charge in [-0.05, 0) is 115 Å². The van der Waals surface area contributed by atoms with Gasteiger partial charge in [0, 0.05) is 5.92 Å². The Bertz CT molecular complexity index is 1220. The number of hydrogen-bond acceptors (Lipinski definition) is 0. The van der Waals surface area contributed by atoms with Gasteiger partial charge in [0.05, 0.1) is 0 Å². The minimum Gasteiger partial charge on any atom is -0.0989 e. The molecule has 5 atom stereocenters. The van der Waals surface area contributed by atoms with Crippen molar-refractivity contribution in [2.24, 2.45) is 35.5 Å². The van der Waals surface area contributed by atoms with Gasteiger partial charge in [-0.25, -0.2) is 0 Å². The molecule has 35 heavy (non-hydrogen) atoms. The molecule has 0 bridgehead atoms. The fourth-order valence-corrected chi connectivity index (χ4v) is 7.98. The van der Waals surface area contributed by atoms with Crippen LogP contribution in [0.25, 0.3) is 17.2 Å². The highest BCUT2D eigenvalue weighted by atomic mass is 14.6. The molecule has 0 nitrogen and oxygen atoms in total. The van der Waals surface area contributed by atoms with E-state index in [1.165, 1.54) is 71.1 Å². The number of hydrogen-bond donors (Lipinski definition) is 0. The molecule has 3 saturated carbocycles. The normalized spacial score (nSPS) is 31.0. The van der Waals surface area contributed by atoms with Crippen LogP contribution in [0.2, 0.25) is 0 Å². The van der Waals surface area contributed by atoms with Crippen LogP contribution >= 0.6 is 0 Å². The first-order chi connectivity index (χ1) is 16.8. The third-order valence-electron chi connectivity index (χ3n) is 10.2. The Balaban J connectivity index is 1.30. The minimum absolute atomic E-state index is 0.509. The van der Waals surface area contributed by atoms with Crippen LogP contribution in [0.15, 0.2) is 60.2 Å². The van der Waals surface area contributed by atoms with Crippen LogP contribution in [0.4, 0.5) is 0 Å². The van der Waals surface area contributed by atoms with E-state index in [-0.39, 0.29) is 0 Å². The van der Waals surface area contributed by atoms with Crippen molar-refractivity contribution in [2.75, 3.05) is 0 Å². The molecule has 4 aliphatic carbocycles. The summed E-state index contributed by atoms with van der Waals surface area (Å²) < 4.78 is 0. The maximum absolute atomic E-state index is 4.47. The quantitative estimate of drug-likeness (QED) is 0.375. The van der Waals surface area contributed by atoms with Crippen molar-refractivity contribution >= 4 is 6.08 Å². The smallest absolute Gasteiger partial charge is 0.00449 e. The molecule has 3 unspecified atom stereocenters. The lowest BCUT2D eigenvalue weighted by atomic mass is 9.82. The Kier molecular flexibility index (Phi) is 5.70. The van der Waals surface area contributed by atoms with E-state index in [4.69, 9.17) is 0 Å². The Morgan fingerprint density at radius 1 is 0.914 bits per heavy atom. The van der Waals surface area contributed by atoms with Gasteiger partial charge >= 0.3 is 0 Å². The van der Waals surface area contributed by atoms with E-state index in [0.29, 0.717) is 5.92 Å². The zero-order valence-corrected chi connectivity index (χ0v) is 22.3. The van der Waals surface area contributed by atoms with Crippen molar-refractivity contribution in [3.63, 3.8) is 0 Å². The second-order valence-electron chi connectivity index (χ2n) is 12.5. The molecule has 182 valence electrons. The van der Waals surface area contributed by atoms with Crippen LogP contribution < -0.4 is 0 Å². The van der Waals surface area contributed by atoms with Crippen molar-refractivity contribution in [1.82, 2.24) is 0 Å². The van der Waals surface area contributed by atoms with E-state index >= 15 is 0 Å². The molecular weight excluding hydrogens is 420 g/mol. The fraction of sp³-hybridized carbons (Fsp3) is 0.486. The van der Waals surface area contributed by atoms with Crippen LogP contribution in [-0.2, 0) is 12.8 Å². The van der Waals surface area contributed by atoms with Gasteiger partial charge in [-0.15, -0.1) is 0 Å². The summed E-state index contributed by atoms with van der Waals surface area (Å²) in [7, 11) is 0. The summed E-state index contributed by atoms with van der Waals surface area (Å²) in [5, 5.41) is 0. The first-order valence-electron chi connectivity index (χ1n) is 14.1. The van der Waals surface area contributed by atoms with Gasteiger partial charge < -0.3 is 0 Å². The van der Waals surface area contributed by atoms with E-state index in [9.17, 15) is 0 Å². The van der Waals surface area contributed by atoms with E-state index in [2.05, 4.69) is 77.3 Å². The highest BCUT2D eigenvalue weighted by Gasteiger charge is 2.51. The van der Waals surface area contributed by atoms with Gasteiger partial charge in [0.15, 0.2) is 0 Å². The topological polar surface area (TPSA) is 0 Å². The van der Waals surface area contributed by atoms with Gasteiger partial charge in [-0.1, -0.05) is 92.1 Å². The van der Waals surface area contributed by atoms with Crippen LogP contribution in [0.3, 0.4) is 0 Å². The first-order valence-corrected chi connectivity index (χ1v) is 14.1. The molecule has 0 N–H and O–H groups in total. The SMILES string of the molecule is C=C1C(CC2=Cc3cccc(-c4cc(C)cc(C)c4C[C@@H]4CC(CC)C[C@@H]4C)c3C2)C(=C)C2CC12. The Labute approximate surface area is 213 Å². The van der Waals surface area contributed by atoms with E-state index < -0.39 is 0 Å². The highest BCUT2D eigenvalue weighted by Crippen LogP contribution is 2.61. The molecule has 4 aliphatic rings. The van der Waals surface area contributed by atoms with Crippen molar-refractivity contribution in [2.45, 2.75) is 72.6 Å². The van der Waals surface area contributed by atoms with Gasteiger partial charge in [-0.2, -0.15) is 0 Å². The average molecular weight is 463 g/mol. The monoisotopic (exact) mass is 462 g/mol. The Hall–Kier alpha value is -2.34. The zero-order chi connectivity index (χ0) is 24.4. The van der Waals surface area contributed by atoms with E-state index in [1.54, 1.807) is 16.7 Å². The van der Waals surface area contributed by atoms with Crippen LogP contribution in [0.1, 0.15) is 73.8 Å². The van der Waals surface area contributed by atoms with Gasteiger partial charge in [0.2, 0.25) is 0 Å². The molecule has 2 aromatic carbocycles. The predicted molar refractivity (Wildman–Crippen MR) is 150 cm³/mol. The van der Waals surface area contributed by atoms with Crippen LogP contribution in [0, 0.1) is 49.4 Å². The lowest BCUT2D eigenvalue weighted by Crippen LogP contribution is -2.10. The summed E-state index contributed by atoms with van der Waals surface area (Å²) in [5.41, 5.74) is 14.9. The average Bonchev–Trinajstić information content (AvgIpc) is 3.31. The Morgan fingerprint density at radius 3 is 2.40 bits per heavy atom. The summed E-state index contributed by atoms with van der Waals surface area (Å²) in [5.74, 6) is 4.57. The molecule has 6 rings (SSSR count). The summed E-state index contributed by atoms with van der Waals surface area (Å²) in [4.78, 5) is 0. The molecule has 0 saturated heterocycles. The Morgan fingerprint density at radius 2 is 1.69 bits per heavy atom. The third kappa shape index (κ3) is 3.98. The second kappa shape index (κ2) is 8.65. The van der Waals surface area contributed by atoms with Gasteiger partial charge in [0.1, 0.15) is 0 Å². The molecule has 2 aromatic rings. The number of aryl methyl sites for hydroxylation is 2. The van der Waals surface area contributed by atoms with Crippen LogP contribution in [-0.4, -0.2) is 0 Å². The lowest BCUT2D eigenvalue weighted by molar-refractivity contribution is 0.416. The summed E-state index contributed by atoms with van der Waals surface area (Å²) in [6, 6.07) is 11.9. The van der Waals surface area contributed by atoms with Crippen molar-refractivity contribution in [3.8, 4) is 11.1 Å². The second-order valence-corrected chi connectivity index (χ2v) is 12.5. The van der Waals surface area contributed by atoms with Gasteiger partial charge in [0.25, 0.3) is 0 Å². The molecule has 0 heterocycles. The van der Waals surface area contributed by atoms with E-state index in [0.717, 1.165) is 42.4 Å². The number of rotatable bonds is 6. The number of fused-ring (bicyclic) bond motifs is 2. The summed E-state index contributed by atoms with van der Waals surface area (Å²) >= 11 is 0.